The lowest BCUT2D eigenvalue weighted by atomic mass is 9.79. The van der Waals surface area contributed by atoms with Gasteiger partial charge < -0.3 is 25.2 Å². The average molecular weight is 700 g/mol. The van der Waals surface area contributed by atoms with Gasteiger partial charge in [0.2, 0.25) is 5.91 Å². The van der Waals surface area contributed by atoms with Crippen molar-refractivity contribution in [3.05, 3.63) is 99.0 Å². The van der Waals surface area contributed by atoms with Crippen molar-refractivity contribution in [1.82, 2.24) is 10.2 Å². The lowest BCUT2D eigenvalue weighted by molar-refractivity contribution is -0.117. The standard InChI is InChI=1S/C38H43BrN4O4/c1-26-10-11-29(39)22-32(26)36(45)41-30-12-13-31(34(23-30)47-2)37(46)43-21-16-38(24-27-8-3-4-9-33(27)43)15-14-28(25-38)35(44)40-17-7-20-42-18-5-6-19-42/h3-4,8-13,22-23,25H,5-7,14-21,24H2,1-2H3,(H,40,44)(H,41,45). The molecule has 2 N–H and O–H groups in total. The van der Waals surface area contributed by atoms with Gasteiger partial charge in [0, 0.05) is 46.1 Å². The van der Waals surface area contributed by atoms with Crippen LogP contribution in [0.15, 0.2) is 76.8 Å². The number of ether oxygens (including phenoxy) is 1. The van der Waals surface area contributed by atoms with E-state index in [1.807, 2.05) is 42.2 Å². The number of amides is 3. The Kier molecular flexibility index (Phi) is 10.1. The molecule has 3 aliphatic rings. The monoisotopic (exact) mass is 698 g/mol. The summed E-state index contributed by atoms with van der Waals surface area (Å²) in [6.45, 7) is 6.48. The Morgan fingerprint density at radius 3 is 2.55 bits per heavy atom. The van der Waals surface area contributed by atoms with E-state index >= 15 is 0 Å². The van der Waals surface area contributed by atoms with E-state index in [-0.39, 0.29) is 23.1 Å². The van der Waals surface area contributed by atoms with Crippen molar-refractivity contribution in [3.8, 4) is 5.75 Å². The molecule has 246 valence electrons. The highest BCUT2D eigenvalue weighted by atomic mass is 79.9. The van der Waals surface area contributed by atoms with Crippen LogP contribution in [0.1, 0.15) is 70.4 Å². The SMILES string of the molecule is COc1cc(NC(=O)c2cc(Br)ccc2C)ccc1C(=O)N1CCC2(C=C(C(=O)NCCCN3CCCC3)CC2)Cc2ccccc21. The number of carbonyl (C=O) groups is 3. The molecule has 0 radical (unpaired) electrons. The number of fused-ring (bicyclic) bond motifs is 1. The Morgan fingerprint density at radius 1 is 0.936 bits per heavy atom. The van der Waals surface area contributed by atoms with Crippen molar-refractivity contribution in [1.29, 1.82) is 0 Å². The first-order valence-corrected chi connectivity index (χ1v) is 17.4. The molecule has 3 amide bonds. The van der Waals surface area contributed by atoms with Gasteiger partial charge in [-0.2, -0.15) is 0 Å². The number of anilines is 2. The van der Waals surface area contributed by atoms with Gasteiger partial charge in [-0.05, 0) is 118 Å². The summed E-state index contributed by atoms with van der Waals surface area (Å²) in [6.07, 6.45) is 8.87. The molecule has 1 atom stereocenters. The molecule has 6 rings (SSSR count). The van der Waals surface area contributed by atoms with E-state index in [4.69, 9.17) is 4.74 Å². The third-order valence-corrected chi connectivity index (χ3v) is 10.3. The van der Waals surface area contributed by atoms with Crippen LogP contribution in [0, 0.1) is 12.3 Å². The molecule has 1 unspecified atom stereocenters. The number of rotatable bonds is 9. The Morgan fingerprint density at radius 2 is 1.74 bits per heavy atom. The maximum Gasteiger partial charge on any atom is 0.262 e. The first kappa shape index (κ1) is 33.0. The topological polar surface area (TPSA) is 91.0 Å². The van der Waals surface area contributed by atoms with E-state index in [9.17, 15) is 14.4 Å². The number of halogens is 1. The number of nitrogens with zero attached hydrogens (tertiary/aromatic N) is 2. The summed E-state index contributed by atoms with van der Waals surface area (Å²) in [5, 5.41) is 6.10. The van der Waals surface area contributed by atoms with Gasteiger partial charge in [0.1, 0.15) is 5.75 Å². The fourth-order valence-electron chi connectivity index (χ4n) is 7.22. The van der Waals surface area contributed by atoms with Gasteiger partial charge in [-0.25, -0.2) is 0 Å². The molecule has 0 saturated carbocycles. The number of nitrogens with one attached hydrogen (secondary N) is 2. The summed E-state index contributed by atoms with van der Waals surface area (Å²) in [5.41, 5.74) is 5.03. The van der Waals surface area contributed by atoms with Crippen LogP contribution < -0.4 is 20.3 Å². The van der Waals surface area contributed by atoms with E-state index in [2.05, 4.69) is 43.6 Å². The molecule has 8 nitrogen and oxygen atoms in total. The van der Waals surface area contributed by atoms with E-state index in [0.29, 0.717) is 35.7 Å². The predicted octanol–water partition coefficient (Wildman–Crippen LogP) is 6.92. The average Bonchev–Trinajstić information content (AvgIpc) is 3.72. The van der Waals surface area contributed by atoms with Crippen LogP contribution in [0.5, 0.6) is 5.75 Å². The summed E-state index contributed by atoms with van der Waals surface area (Å²) in [6, 6.07) is 18.8. The summed E-state index contributed by atoms with van der Waals surface area (Å²) in [7, 11) is 1.53. The summed E-state index contributed by atoms with van der Waals surface area (Å²) >= 11 is 3.44. The third kappa shape index (κ3) is 7.47. The molecule has 2 aliphatic heterocycles. The maximum atomic E-state index is 14.2. The smallest absolute Gasteiger partial charge is 0.262 e. The molecule has 1 saturated heterocycles. The number of hydrogen-bond donors (Lipinski definition) is 2. The quantitative estimate of drug-likeness (QED) is 0.237. The molecule has 0 bridgehead atoms. The third-order valence-electron chi connectivity index (χ3n) is 9.84. The Labute approximate surface area is 285 Å². The van der Waals surface area contributed by atoms with Gasteiger partial charge >= 0.3 is 0 Å². The Bertz CT molecular complexity index is 1700. The highest BCUT2D eigenvalue weighted by Gasteiger charge is 2.39. The molecule has 1 aliphatic carbocycles. The second-order valence-corrected chi connectivity index (χ2v) is 13.9. The predicted molar refractivity (Wildman–Crippen MR) is 189 cm³/mol. The number of allylic oxidation sites excluding steroid dienone is 1. The maximum absolute atomic E-state index is 14.2. The number of benzene rings is 3. The zero-order valence-corrected chi connectivity index (χ0v) is 28.8. The zero-order valence-electron chi connectivity index (χ0n) is 27.2. The largest absolute Gasteiger partial charge is 0.496 e. The van der Waals surface area contributed by atoms with Crippen LogP contribution in [-0.2, 0) is 11.2 Å². The second-order valence-electron chi connectivity index (χ2n) is 13.0. The normalized spacial score (nSPS) is 19.2. The highest BCUT2D eigenvalue weighted by molar-refractivity contribution is 9.10. The number of para-hydroxylation sites is 1. The molecular formula is C38H43BrN4O4. The van der Waals surface area contributed by atoms with Crippen molar-refractivity contribution in [2.45, 2.75) is 51.9 Å². The van der Waals surface area contributed by atoms with E-state index < -0.39 is 0 Å². The van der Waals surface area contributed by atoms with Gasteiger partial charge in [-0.1, -0.05) is 46.3 Å². The molecule has 2 heterocycles. The fourth-order valence-corrected chi connectivity index (χ4v) is 7.58. The molecule has 47 heavy (non-hydrogen) atoms. The van der Waals surface area contributed by atoms with Crippen molar-refractivity contribution in [3.63, 3.8) is 0 Å². The molecular weight excluding hydrogens is 656 g/mol. The van der Waals surface area contributed by atoms with E-state index in [1.54, 1.807) is 24.3 Å². The van der Waals surface area contributed by atoms with Gasteiger partial charge in [0.05, 0.1) is 12.7 Å². The summed E-state index contributed by atoms with van der Waals surface area (Å²) in [5.74, 6) is 0.0295. The second kappa shape index (κ2) is 14.4. The van der Waals surface area contributed by atoms with Crippen molar-refractivity contribution in [2.75, 3.05) is 50.1 Å². The van der Waals surface area contributed by atoms with E-state index in [1.165, 1.54) is 33.0 Å². The molecule has 1 spiro atoms. The molecule has 9 heteroatoms. The highest BCUT2D eigenvalue weighted by Crippen LogP contribution is 2.46. The molecule has 3 aromatic rings. The van der Waals surface area contributed by atoms with Crippen LogP contribution in [0.4, 0.5) is 11.4 Å². The number of carbonyl (C=O) groups excluding carboxylic acids is 3. The Hall–Kier alpha value is -3.95. The van der Waals surface area contributed by atoms with Gasteiger partial charge in [0.25, 0.3) is 11.8 Å². The summed E-state index contributed by atoms with van der Waals surface area (Å²) < 4.78 is 6.51. The first-order chi connectivity index (χ1) is 22.7. The van der Waals surface area contributed by atoms with Crippen LogP contribution >= 0.6 is 15.9 Å². The summed E-state index contributed by atoms with van der Waals surface area (Å²) in [4.78, 5) is 44.7. The van der Waals surface area contributed by atoms with Crippen LogP contribution in [0.25, 0.3) is 0 Å². The number of likely N-dealkylation sites (tertiary alicyclic amines) is 1. The molecule has 1 fully saturated rings. The van der Waals surface area contributed by atoms with Gasteiger partial charge in [-0.3, -0.25) is 14.4 Å². The lowest BCUT2D eigenvalue weighted by Gasteiger charge is -2.26. The fraction of sp³-hybridized carbons (Fsp3) is 0.395. The number of methoxy groups -OCH3 is 1. The van der Waals surface area contributed by atoms with Gasteiger partial charge in [0.15, 0.2) is 0 Å². The van der Waals surface area contributed by atoms with E-state index in [0.717, 1.165) is 65.5 Å². The van der Waals surface area contributed by atoms with Crippen molar-refractivity contribution >= 4 is 45.0 Å². The van der Waals surface area contributed by atoms with Crippen molar-refractivity contribution in [2.24, 2.45) is 5.41 Å². The minimum atomic E-state index is -0.239. The number of hydrogen-bond acceptors (Lipinski definition) is 5. The molecule has 0 aromatic heterocycles. The Balaban J connectivity index is 1.16. The lowest BCUT2D eigenvalue weighted by Crippen LogP contribution is -2.33. The minimum Gasteiger partial charge on any atom is -0.496 e. The number of aryl methyl sites for hydroxylation is 1. The van der Waals surface area contributed by atoms with Gasteiger partial charge in [-0.15, -0.1) is 0 Å². The first-order valence-electron chi connectivity index (χ1n) is 16.6. The molecule has 3 aromatic carbocycles. The van der Waals surface area contributed by atoms with Crippen molar-refractivity contribution < 1.29 is 19.1 Å². The van der Waals surface area contributed by atoms with Crippen LogP contribution in [0.2, 0.25) is 0 Å². The van der Waals surface area contributed by atoms with Crippen LogP contribution in [-0.4, -0.2) is 62.5 Å². The minimum absolute atomic E-state index is 0.0424. The van der Waals surface area contributed by atoms with Crippen LogP contribution in [0.3, 0.4) is 0 Å². The zero-order chi connectivity index (χ0) is 33.0.